The largest absolute Gasteiger partial charge is 0.285 e. The van der Waals surface area contributed by atoms with Crippen LogP contribution in [0.3, 0.4) is 0 Å². The minimum absolute atomic E-state index is 0.0496. The van der Waals surface area contributed by atoms with Gasteiger partial charge in [-0.25, -0.2) is 4.98 Å². The van der Waals surface area contributed by atoms with E-state index in [9.17, 15) is 14.4 Å². The summed E-state index contributed by atoms with van der Waals surface area (Å²) >= 11 is 1.38. The zero-order chi connectivity index (χ0) is 19.8. The molecule has 3 aromatic rings. The molecule has 0 fully saturated rings. The summed E-state index contributed by atoms with van der Waals surface area (Å²) in [7, 11) is 0. The van der Waals surface area contributed by atoms with Gasteiger partial charge in [-0.05, 0) is 38.1 Å². The van der Waals surface area contributed by atoms with Gasteiger partial charge in [0, 0.05) is 18.3 Å². The van der Waals surface area contributed by atoms with Crippen LogP contribution in [0, 0.1) is 0 Å². The quantitative estimate of drug-likeness (QED) is 0.378. The monoisotopic (exact) mass is 393 g/mol. The van der Waals surface area contributed by atoms with Crippen LogP contribution in [0.15, 0.2) is 58.5 Å². The fraction of sp³-hybridized carbons (Fsp3) is 0.238. The number of benzene rings is 2. The average Bonchev–Trinajstić information content (AvgIpc) is 2.93. The number of carbonyl (C=O) groups is 2. The molecule has 4 rings (SSSR count). The molecule has 142 valence electrons. The minimum Gasteiger partial charge on any atom is -0.285 e. The van der Waals surface area contributed by atoms with Gasteiger partial charge in [-0.2, -0.15) is 0 Å². The Morgan fingerprint density at radius 2 is 1.54 bits per heavy atom. The van der Waals surface area contributed by atoms with Crippen molar-refractivity contribution in [2.75, 3.05) is 12.3 Å². The molecule has 0 aliphatic carbocycles. The van der Waals surface area contributed by atoms with Crippen LogP contribution in [0.4, 0.5) is 0 Å². The predicted molar refractivity (Wildman–Crippen MR) is 109 cm³/mol. The van der Waals surface area contributed by atoms with E-state index in [0.29, 0.717) is 32.9 Å². The molecular weight excluding hydrogens is 374 g/mol. The van der Waals surface area contributed by atoms with Crippen molar-refractivity contribution in [3.8, 4) is 0 Å². The molecule has 0 atom stereocenters. The summed E-state index contributed by atoms with van der Waals surface area (Å²) in [6.45, 7) is 4.13. The number of hydrogen-bond acceptors (Lipinski definition) is 5. The number of nitrogens with zero attached hydrogens (tertiary/aromatic N) is 3. The Hall–Kier alpha value is -2.93. The van der Waals surface area contributed by atoms with Crippen LogP contribution in [0.5, 0.6) is 0 Å². The van der Waals surface area contributed by atoms with Crippen molar-refractivity contribution in [3.63, 3.8) is 0 Å². The van der Waals surface area contributed by atoms with Crippen molar-refractivity contribution in [1.82, 2.24) is 14.5 Å². The molecule has 2 amide bonds. The first kappa shape index (κ1) is 18.4. The molecule has 0 saturated heterocycles. The molecule has 7 heteroatoms. The lowest BCUT2D eigenvalue weighted by Gasteiger charge is -2.17. The van der Waals surface area contributed by atoms with E-state index in [1.807, 2.05) is 32.0 Å². The highest BCUT2D eigenvalue weighted by atomic mass is 32.2. The lowest BCUT2D eigenvalue weighted by Crippen LogP contribution is -2.32. The molecule has 2 aromatic carbocycles. The Morgan fingerprint density at radius 1 is 0.929 bits per heavy atom. The number of para-hydroxylation sites is 1. The van der Waals surface area contributed by atoms with E-state index in [-0.39, 0.29) is 30.0 Å². The van der Waals surface area contributed by atoms with Crippen LogP contribution in [0.25, 0.3) is 10.9 Å². The van der Waals surface area contributed by atoms with Crippen LogP contribution in [0.1, 0.15) is 40.6 Å². The Labute approximate surface area is 166 Å². The third-order valence-corrected chi connectivity index (χ3v) is 5.65. The smallest absolute Gasteiger partial charge is 0.262 e. The lowest BCUT2D eigenvalue weighted by atomic mass is 10.1. The van der Waals surface area contributed by atoms with E-state index in [1.165, 1.54) is 16.7 Å². The van der Waals surface area contributed by atoms with Gasteiger partial charge in [0.15, 0.2) is 5.16 Å². The molecule has 0 unspecified atom stereocenters. The molecule has 0 N–H and O–H groups in total. The van der Waals surface area contributed by atoms with Gasteiger partial charge in [-0.1, -0.05) is 36.0 Å². The maximum Gasteiger partial charge on any atom is 0.262 e. The van der Waals surface area contributed by atoms with Gasteiger partial charge < -0.3 is 0 Å². The molecule has 0 spiro atoms. The molecule has 1 aliphatic heterocycles. The number of imide groups is 1. The summed E-state index contributed by atoms with van der Waals surface area (Å²) in [6, 6.07) is 14.1. The van der Waals surface area contributed by atoms with Crippen molar-refractivity contribution < 1.29 is 9.59 Å². The van der Waals surface area contributed by atoms with Crippen molar-refractivity contribution in [1.29, 1.82) is 0 Å². The Bertz CT molecular complexity index is 1120. The van der Waals surface area contributed by atoms with E-state index >= 15 is 0 Å². The summed E-state index contributed by atoms with van der Waals surface area (Å²) in [6.07, 6.45) is 0. The molecule has 0 bridgehead atoms. The van der Waals surface area contributed by atoms with Crippen LogP contribution >= 0.6 is 11.8 Å². The average molecular weight is 393 g/mol. The lowest BCUT2D eigenvalue weighted by molar-refractivity contribution is 0.0664. The molecular formula is C21H19N3O3S. The van der Waals surface area contributed by atoms with Gasteiger partial charge >= 0.3 is 0 Å². The third kappa shape index (κ3) is 3.01. The van der Waals surface area contributed by atoms with Gasteiger partial charge in [0.05, 0.1) is 22.0 Å². The van der Waals surface area contributed by atoms with Gasteiger partial charge in [-0.3, -0.25) is 23.9 Å². The second kappa shape index (κ2) is 7.24. The molecule has 1 aliphatic rings. The maximum absolute atomic E-state index is 12.9. The fourth-order valence-corrected chi connectivity index (χ4v) is 4.41. The van der Waals surface area contributed by atoms with Crippen LogP contribution in [-0.2, 0) is 0 Å². The molecule has 28 heavy (non-hydrogen) atoms. The number of aromatic nitrogens is 2. The molecule has 0 radical (unpaired) electrons. The normalized spacial score (nSPS) is 13.6. The topological polar surface area (TPSA) is 72.3 Å². The summed E-state index contributed by atoms with van der Waals surface area (Å²) in [5.41, 5.74) is 1.46. The number of rotatable bonds is 5. The zero-order valence-electron chi connectivity index (χ0n) is 15.6. The Kier molecular flexibility index (Phi) is 4.77. The highest BCUT2D eigenvalue weighted by Gasteiger charge is 2.34. The van der Waals surface area contributed by atoms with Gasteiger partial charge in [-0.15, -0.1) is 0 Å². The summed E-state index contributed by atoms with van der Waals surface area (Å²) in [4.78, 5) is 43.7. The Balaban J connectivity index is 1.57. The third-order valence-electron chi connectivity index (χ3n) is 4.72. The fourth-order valence-electron chi connectivity index (χ4n) is 3.35. The van der Waals surface area contributed by atoms with Gasteiger partial charge in [0.2, 0.25) is 0 Å². The van der Waals surface area contributed by atoms with E-state index in [0.717, 1.165) is 0 Å². The maximum atomic E-state index is 12.9. The predicted octanol–water partition coefficient (Wildman–Crippen LogP) is 3.37. The first-order valence-corrected chi connectivity index (χ1v) is 10.1. The number of hydrogen-bond donors (Lipinski definition) is 0. The van der Waals surface area contributed by atoms with Crippen molar-refractivity contribution in [2.45, 2.75) is 25.0 Å². The number of fused-ring (bicyclic) bond motifs is 2. The van der Waals surface area contributed by atoms with Crippen molar-refractivity contribution in [3.05, 3.63) is 70.0 Å². The first-order chi connectivity index (χ1) is 13.5. The number of amides is 2. The van der Waals surface area contributed by atoms with Crippen molar-refractivity contribution in [2.24, 2.45) is 0 Å². The Morgan fingerprint density at radius 3 is 2.18 bits per heavy atom. The van der Waals surface area contributed by atoms with Crippen LogP contribution in [-0.4, -0.2) is 38.6 Å². The molecule has 6 nitrogen and oxygen atoms in total. The summed E-state index contributed by atoms with van der Waals surface area (Å²) in [5.74, 6) is -0.0778. The SMILES string of the molecule is CC(C)n1c(SCCN2C(=O)c3ccccc3C2=O)nc2ccccc2c1=O. The first-order valence-electron chi connectivity index (χ1n) is 9.08. The molecule has 2 heterocycles. The molecule has 1 aromatic heterocycles. The summed E-state index contributed by atoms with van der Waals surface area (Å²) < 4.78 is 1.66. The van der Waals surface area contributed by atoms with E-state index in [4.69, 9.17) is 0 Å². The second-order valence-electron chi connectivity index (χ2n) is 6.84. The van der Waals surface area contributed by atoms with Crippen molar-refractivity contribution >= 4 is 34.5 Å². The van der Waals surface area contributed by atoms with Crippen LogP contribution < -0.4 is 5.56 Å². The minimum atomic E-state index is -0.270. The van der Waals surface area contributed by atoms with Crippen LogP contribution in [0.2, 0.25) is 0 Å². The van der Waals surface area contributed by atoms with Gasteiger partial charge in [0.1, 0.15) is 0 Å². The van der Waals surface area contributed by atoms with E-state index in [1.54, 1.807) is 34.9 Å². The van der Waals surface area contributed by atoms with E-state index in [2.05, 4.69) is 4.98 Å². The number of thioether (sulfide) groups is 1. The standard InChI is InChI=1S/C21H19N3O3S/c1-13(2)24-20(27)16-9-5-6-10-17(16)22-21(24)28-12-11-23-18(25)14-7-3-4-8-15(14)19(23)26/h3-10,13H,11-12H2,1-2H3. The zero-order valence-corrected chi connectivity index (χ0v) is 16.4. The number of carbonyl (C=O) groups excluding carboxylic acids is 2. The molecule has 0 saturated carbocycles. The highest BCUT2D eigenvalue weighted by Crippen LogP contribution is 2.25. The van der Waals surface area contributed by atoms with Gasteiger partial charge in [0.25, 0.3) is 17.4 Å². The highest BCUT2D eigenvalue weighted by molar-refractivity contribution is 7.99. The second-order valence-corrected chi connectivity index (χ2v) is 7.90. The van der Waals surface area contributed by atoms with E-state index < -0.39 is 0 Å². The summed E-state index contributed by atoms with van der Waals surface area (Å²) in [5, 5.41) is 1.18.